The van der Waals surface area contributed by atoms with E-state index >= 15 is 0 Å². The van der Waals surface area contributed by atoms with Gasteiger partial charge in [0.25, 0.3) is 0 Å². The van der Waals surface area contributed by atoms with Crippen LogP contribution in [0.1, 0.15) is 19.3 Å². The number of ether oxygens (including phenoxy) is 1. The number of nitrogens with one attached hydrogen (secondary N) is 2. The fourth-order valence-corrected chi connectivity index (χ4v) is 3.31. The van der Waals surface area contributed by atoms with Crippen LogP contribution in [0.25, 0.3) is 10.9 Å². The number of aromatic amines is 1. The minimum Gasteiger partial charge on any atom is -0.374 e. The molecule has 1 aromatic heterocycles. The number of carbonyl (C=O) groups is 1. The van der Waals surface area contributed by atoms with Gasteiger partial charge in [-0.3, -0.25) is 4.79 Å². The predicted molar refractivity (Wildman–Crippen MR) is 72.9 cm³/mol. The molecule has 0 saturated carbocycles. The first kappa shape index (κ1) is 11.1. The first-order chi connectivity index (χ1) is 9.31. The van der Waals surface area contributed by atoms with Gasteiger partial charge in [-0.1, -0.05) is 18.2 Å². The van der Waals surface area contributed by atoms with E-state index in [1.54, 1.807) is 0 Å². The Morgan fingerprint density at radius 1 is 1.32 bits per heavy atom. The Morgan fingerprint density at radius 2 is 2.21 bits per heavy atom. The van der Waals surface area contributed by atoms with Crippen LogP contribution in [-0.2, 0) is 9.53 Å². The lowest BCUT2D eigenvalue weighted by Gasteiger charge is -2.17. The van der Waals surface area contributed by atoms with Crippen molar-refractivity contribution in [2.75, 3.05) is 5.32 Å². The van der Waals surface area contributed by atoms with Crippen molar-refractivity contribution < 1.29 is 9.53 Å². The summed E-state index contributed by atoms with van der Waals surface area (Å²) in [5.41, 5.74) is 1.91. The predicted octanol–water partition coefficient (Wildman–Crippen LogP) is 2.67. The highest BCUT2D eigenvalue weighted by Gasteiger charge is 2.44. The summed E-state index contributed by atoms with van der Waals surface area (Å²) >= 11 is 0. The second-order valence-electron chi connectivity index (χ2n) is 5.45. The van der Waals surface area contributed by atoms with Gasteiger partial charge in [-0.05, 0) is 25.3 Å². The summed E-state index contributed by atoms with van der Waals surface area (Å²) in [7, 11) is 0. The number of fused-ring (bicyclic) bond motifs is 3. The molecule has 0 spiro atoms. The number of hydrogen-bond acceptors (Lipinski definition) is 2. The number of carbonyl (C=O) groups excluding carboxylic acids is 1. The quantitative estimate of drug-likeness (QED) is 0.868. The molecule has 2 fully saturated rings. The van der Waals surface area contributed by atoms with Crippen molar-refractivity contribution in [3.05, 3.63) is 30.5 Å². The molecule has 0 aliphatic carbocycles. The third-order valence-electron chi connectivity index (χ3n) is 4.29. The van der Waals surface area contributed by atoms with Crippen LogP contribution in [0.3, 0.4) is 0 Å². The van der Waals surface area contributed by atoms with Crippen LogP contribution in [-0.4, -0.2) is 23.1 Å². The maximum Gasteiger partial charge on any atom is 0.230 e. The first-order valence-corrected chi connectivity index (χ1v) is 6.84. The molecule has 1 amide bonds. The van der Waals surface area contributed by atoms with Gasteiger partial charge in [0.2, 0.25) is 5.91 Å². The van der Waals surface area contributed by atoms with E-state index in [9.17, 15) is 4.79 Å². The fraction of sp³-hybridized carbons (Fsp3) is 0.400. The molecule has 1 aromatic carbocycles. The monoisotopic (exact) mass is 256 g/mol. The molecule has 2 N–H and O–H groups in total. The number of hydrogen-bond donors (Lipinski definition) is 2. The summed E-state index contributed by atoms with van der Waals surface area (Å²) in [6.45, 7) is 0. The molecule has 3 heterocycles. The third kappa shape index (κ3) is 1.75. The Hall–Kier alpha value is -1.81. The van der Waals surface area contributed by atoms with Crippen molar-refractivity contribution in [2.45, 2.75) is 31.5 Å². The molecular formula is C15H16N2O2. The Morgan fingerprint density at radius 3 is 3.00 bits per heavy atom. The zero-order chi connectivity index (χ0) is 12.8. The Bertz CT molecular complexity index is 634. The molecule has 4 heteroatoms. The lowest BCUT2D eigenvalue weighted by Crippen LogP contribution is -2.30. The van der Waals surface area contributed by atoms with Crippen LogP contribution >= 0.6 is 0 Å². The molecule has 2 aliphatic rings. The van der Waals surface area contributed by atoms with Crippen LogP contribution in [0.5, 0.6) is 0 Å². The smallest absolute Gasteiger partial charge is 0.230 e. The SMILES string of the molecule is O=C(Nc1c[nH]c2ccccc12)[C@@H]1C[C@H]2CC[C@@H]1O2. The first-order valence-electron chi connectivity index (χ1n) is 6.84. The van der Waals surface area contributed by atoms with Crippen molar-refractivity contribution in [3.63, 3.8) is 0 Å². The molecular weight excluding hydrogens is 240 g/mol. The van der Waals surface area contributed by atoms with Gasteiger partial charge in [0.05, 0.1) is 23.8 Å². The van der Waals surface area contributed by atoms with Gasteiger partial charge in [0.15, 0.2) is 0 Å². The van der Waals surface area contributed by atoms with E-state index in [1.165, 1.54) is 0 Å². The van der Waals surface area contributed by atoms with Crippen LogP contribution in [0.15, 0.2) is 30.5 Å². The lowest BCUT2D eigenvalue weighted by molar-refractivity contribution is -0.121. The second-order valence-corrected chi connectivity index (χ2v) is 5.45. The minimum absolute atomic E-state index is 0.0208. The maximum atomic E-state index is 12.3. The summed E-state index contributed by atoms with van der Waals surface area (Å²) < 4.78 is 5.74. The minimum atomic E-state index is 0.0208. The van der Waals surface area contributed by atoms with E-state index in [2.05, 4.69) is 10.3 Å². The summed E-state index contributed by atoms with van der Waals surface area (Å²) in [6.07, 6.45) is 5.31. The molecule has 0 radical (unpaired) electrons. The van der Waals surface area contributed by atoms with Crippen molar-refractivity contribution >= 4 is 22.5 Å². The number of amides is 1. The molecule has 98 valence electrons. The summed E-state index contributed by atoms with van der Waals surface area (Å²) in [6, 6.07) is 7.98. The highest BCUT2D eigenvalue weighted by atomic mass is 16.5. The largest absolute Gasteiger partial charge is 0.374 e. The van der Waals surface area contributed by atoms with Gasteiger partial charge in [-0.25, -0.2) is 0 Å². The van der Waals surface area contributed by atoms with E-state index in [4.69, 9.17) is 4.74 Å². The van der Waals surface area contributed by atoms with Gasteiger partial charge < -0.3 is 15.0 Å². The molecule has 2 aromatic rings. The van der Waals surface area contributed by atoms with E-state index in [-0.39, 0.29) is 17.9 Å². The zero-order valence-electron chi connectivity index (χ0n) is 10.6. The van der Waals surface area contributed by atoms with Gasteiger partial charge in [-0.15, -0.1) is 0 Å². The highest BCUT2D eigenvalue weighted by Crippen LogP contribution is 2.39. The third-order valence-corrected chi connectivity index (χ3v) is 4.29. The van der Waals surface area contributed by atoms with Crippen molar-refractivity contribution in [2.24, 2.45) is 5.92 Å². The standard InChI is InChI=1S/C15H16N2O2/c18-15(11-7-9-5-6-14(11)19-9)17-13-8-16-12-4-2-1-3-10(12)13/h1-4,8-9,11,14,16H,5-7H2,(H,17,18)/t9-,11-,14+/m1/s1. The van der Waals surface area contributed by atoms with Crippen LogP contribution in [0, 0.1) is 5.92 Å². The van der Waals surface area contributed by atoms with Gasteiger partial charge in [-0.2, -0.15) is 0 Å². The van der Waals surface area contributed by atoms with Crippen LogP contribution in [0.2, 0.25) is 0 Å². The lowest BCUT2D eigenvalue weighted by atomic mass is 9.88. The number of aromatic nitrogens is 1. The number of rotatable bonds is 2. The fourth-order valence-electron chi connectivity index (χ4n) is 3.31. The summed E-state index contributed by atoms with van der Waals surface area (Å²) in [4.78, 5) is 15.5. The summed E-state index contributed by atoms with van der Waals surface area (Å²) in [5, 5.41) is 4.10. The second kappa shape index (κ2) is 4.10. The highest BCUT2D eigenvalue weighted by molar-refractivity contribution is 6.02. The Kier molecular flexibility index (Phi) is 2.38. The number of anilines is 1. The van der Waals surface area contributed by atoms with Gasteiger partial charge in [0, 0.05) is 17.1 Å². The average molecular weight is 256 g/mol. The maximum absolute atomic E-state index is 12.3. The Labute approximate surface area is 111 Å². The molecule has 3 atom stereocenters. The van der Waals surface area contributed by atoms with Crippen LogP contribution < -0.4 is 5.32 Å². The van der Waals surface area contributed by atoms with E-state index < -0.39 is 0 Å². The normalized spacial score (nSPS) is 28.9. The average Bonchev–Trinajstić information content (AvgIpc) is 3.14. The Balaban J connectivity index is 1.56. The van der Waals surface area contributed by atoms with Crippen molar-refractivity contribution in [3.8, 4) is 0 Å². The molecule has 0 unspecified atom stereocenters. The molecule has 4 rings (SSSR count). The van der Waals surface area contributed by atoms with Crippen LogP contribution in [0.4, 0.5) is 5.69 Å². The summed E-state index contributed by atoms with van der Waals surface area (Å²) in [5.74, 6) is 0.115. The van der Waals surface area contributed by atoms with Crippen molar-refractivity contribution in [1.29, 1.82) is 0 Å². The molecule has 2 aliphatic heterocycles. The molecule has 19 heavy (non-hydrogen) atoms. The van der Waals surface area contributed by atoms with Gasteiger partial charge >= 0.3 is 0 Å². The van der Waals surface area contributed by atoms with Crippen molar-refractivity contribution in [1.82, 2.24) is 4.98 Å². The van der Waals surface area contributed by atoms with Gasteiger partial charge in [0.1, 0.15) is 0 Å². The molecule has 2 bridgehead atoms. The molecule has 2 saturated heterocycles. The topological polar surface area (TPSA) is 54.1 Å². The zero-order valence-corrected chi connectivity index (χ0v) is 10.6. The van der Waals surface area contributed by atoms with E-state index in [1.807, 2.05) is 30.5 Å². The number of benzene rings is 1. The number of para-hydroxylation sites is 1. The molecule has 4 nitrogen and oxygen atoms in total. The van der Waals surface area contributed by atoms with E-state index in [0.29, 0.717) is 6.10 Å². The van der Waals surface area contributed by atoms with E-state index in [0.717, 1.165) is 35.9 Å². The number of H-pyrrole nitrogens is 1.